The van der Waals surface area contributed by atoms with Gasteiger partial charge in [0.2, 0.25) is 5.13 Å². The smallest absolute Gasteiger partial charge is 0.259 e. The maximum absolute atomic E-state index is 12.1. The zero-order chi connectivity index (χ0) is 17.9. The summed E-state index contributed by atoms with van der Waals surface area (Å²) in [6.07, 6.45) is 1.52. The van der Waals surface area contributed by atoms with Gasteiger partial charge < -0.3 is 9.73 Å². The van der Waals surface area contributed by atoms with Gasteiger partial charge in [-0.2, -0.15) is 0 Å². The second-order valence-electron chi connectivity index (χ2n) is 5.68. The molecule has 1 aromatic carbocycles. The highest BCUT2D eigenvalue weighted by atomic mass is 32.1. The van der Waals surface area contributed by atoms with Gasteiger partial charge in [-0.3, -0.25) is 10.1 Å². The van der Waals surface area contributed by atoms with Crippen LogP contribution in [-0.4, -0.2) is 21.1 Å². The lowest BCUT2D eigenvalue weighted by Gasteiger charge is -2.12. The number of amides is 1. The van der Waals surface area contributed by atoms with Crippen LogP contribution in [0.3, 0.4) is 0 Å². The molecule has 3 aromatic heterocycles. The molecule has 1 atom stereocenters. The predicted molar refractivity (Wildman–Crippen MR) is 100 cm³/mol. The topological polar surface area (TPSA) is 92.9 Å². The fourth-order valence-electron chi connectivity index (χ4n) is 2.52. The van der Waals surface area contributed by atoms with Gasteiger partial charge in [-0.1, -0.05) is 29.5 Å². The van der Waals surface area contributed by atoms with E-state index in [1.807, 2.05) is 37.3 Å². The van der Waals surface area contributed by atoms with Crippen molar-refractivity contribution in [2.24, 2.45) is 0 Å². The number of benzene rings is 1. The average molecular weight is 365 g/mol. The van der Waals surface area contributed by atoms with Gasteiger partial charge in [-0.25, -0.2) is 4.98 Å². The zero-order valence-electron chi connectivity index (χ0n) is 13.8. The number of rotatable bonds is 5. The average Bonchev–Trinajstić information content (AvgIpc) is 3.31. The number of furan rings is 1. The number of fused-ring (bicyclic) bond motifs is 1. The van der Waals surface area contributed by atoms with Crippen LogP contribution in [0.1, 0.15) is 29.1 Å². The molecule has 0 aliphatic carbocycles. The van der Waals surface area contributed by atoms with E-state index >= 15 is 0 Å². The molecule has 2 N–H and O–H groups in total. The molecule has 0 aliphatic rings. The Kier molecular flexibility index (Phi) is 4.32. The number of hydrogen-bond donors (Lipinski definition) is 2. The van der Waals surface area contributed by atoms with Gasteiger partial charge in [0.25, 0.3) is 5.91 Å². The number of nitrogens with zero attached hydrogens (tertiary/aromatic N) is 3. The van der Waals surface area contributed by atoms with Crippen molar-refractivity contribution in [2.45, 2.75) is 13.0 Å². The standard InChI is InChI=1S/C18H15N5O2S/c1-11(15-8-12-4-2-3-5-14(12)25-15)21-16-7-6-13(9-19-16)17(24)22-18-23-20-10-26-18/h2-11H,1H3,(H,19,21)(H,22,23,24)/t11-/m1/s1. The monoisotopic (exact) mass is 365 g/mol. The third kappa shape index (κ3) is 3.40. The number of para-hydroxylation sites is 1. The molecular weight excluding hydrogens is 350 g/mol. The normalized spacial score (nSPS) is 12.0. The fraction of sp³-hybridized carbons (Fsp3) is 0.111. The van der Waals surface area contributed by atoms with E-state index in [1.165, 1.54) is 17.5 Å². The molecule has 0 bridgehead atoms. The number of hydrogen-bond acceptors (Lipinski definition) is 7. The van der Waals surface area contributed by atoms with Crippen LogP contribution >= 0.6 is 11.3 Å². The summed E-state index contributed by atoms with van der Waals surface area (Å²) in [7, 11) is 0. The molecule has 0 unspecified atom stereocenters. The van der Waals surface area contributed by atoms with E-state index in [4.69, 9.17) is 4.42 Å². The molecule has 0 aliphatic heterocycles. The van der Waals surface area contributed by atoms with Crippen LogP contribution in [0, 0.1) is 0 Å². The summed E-state index contributed by atoms with van der Waals surface area (Å²) in [5.41, 5.74) is 2.86. The van der Waals surface area contributed by atoms with Crippen molar-refractivity contribution in [3.8, 4) is 0 Å². The lowest BCUT2D eigenvalue weighted by Crippen LogP contribution is -2.13. The molecule has 0 radical (unpaired) electrons. The highest BCUT2D eigenvalue weighted by Gasteiger charge is 2.13. The summed E-state index contributed by atoms with van der Waals surface area (Å²) >= 11 is 1.26. The zero-order valence-corrected chi connectivity index (χ0v) is 14.7. The van der Waals surface area contributed by atoms with Crippen LogP contribution in [-0.2, 0) is 0 Å². The van der Waals surface area contributed by atoms with Crippen molar-refractivity contribution in [2.75, 3.05) is 10.6 Å². The van der Waals surface area contributed by atoms with Gasteiger partial charge in [0.05, 0.1) is 11.6 Å². The Bertz CT molecular complexity index is 994. The van der Waals surface area contributed by atoms with E-state index in [9.17, 15) is 4.79 Å². The maximum Gasteiger partial charge on any atom is 0.259 e. The SMILES string of the molecule is C[C@@H](Nc1ccc(C(=O)Nc2nncs2)cn1)c1cc2ccccc2o1. The van der Waals surface area contributed by atoms with Crippen LogP contribution < -0.4 is 10.6 Å². The van der Waals surface area contributed by atoms with Gasteiger partial charge in [0, 0.05) is 11.6 Å². The van der Waals surface area contributed by atoms with Crippen molar-refractivity contribution in [1.82, 2.24) is 15.2 Å². The summed E-state index contributed by atoms with van der Waals surface area (Å²) in [5.74, 6) is 1.21. The number of carbonyl (C=O) groups excluding carboxylic acids is 1. The van der Waals surface area contributed by atoms with E-state index in [2.05, 4.69) is 25.8 Å². The molecule has 1 amide bonds. The van der Waals surface area contributed by atoms with Crippen LogP contribution in [0.15, 0.2) is 58.6 Å². The summed E-state index contributed by atoms with van der Waals surface area (Å²) in [6, 6.07) is 13.3. The first-order valence-electron chi connectivity index (χ1n) is 7.97. The van der Waals surface area contributed by atoms with Crippen LogP contribution in [0.2, 0.25) is 0 Å². The second-order valence-corrected chi connectivity index (χ2v) is 6.52. The molecule has 130 valence electrons. The van der Waals surface area contributed by atoms with Crippen LogP contribution in [0.5, 0.6) is 0 Å². The Morgan fingerprint density at radius 2 is 2.12 bits per heavy atom. The van der Waals surface area contributed by atoms with Gasteiger partial charge in [0.1, 0.15) is 22.7 Å². The largest absolute Gasteiger partial charge is 0.459 e. The van der Waals surface area contributed by atoms with E-state index in [0.29, 0.717) is 16.5 Å². The molecule has 3 heterocycles. The number of anilines is 2. The Balaban J connectivity index is 1.44. The lowest BCUT2D eigenvalue weighted by atomic mass is 10.2. The summed E-state index contributed by atoms with van der Waals surface area (Å²) in [6.45, 7) is 2.00. The molecule has 8 heteroatoms. The highest BCUT2D eigenvalue weighted by molar-refractivity contribution is 7.13. The molecule has 7 nitrogen and oxygen atoms in total. The number of pyridine rings is 1. The summed E-state index contributed by atoms with van der Waals surface area (Å²) < 4.78 is 5.86. The minimum atomic E-state index is -0.272. The van der Waals surface area contributed by atoms with Crippen molar-refractivity contribution in [3.05, 3.63) is 65.5 Å². The van der Waals surface area contributed by atoms with Crippen molar-refractivity contribution in [3.63, 3.8) is 0 Å². The molecule has 0 fully saturated rings. The van der Waals surface area contributed by atoms with Crippen molar-refractivity contribution in [1.29, 1.82) is 0 Å². The molecule has 26 heavy (non-hydrogen) atoms. The first-order chi connectivity index (χ1) is 12.7. The third-order valence-electron chi connectivity index (χ3n) is 3.84. The number of nitrogens with one attached hydrogen (secondary N) is 2. The van der Waals surface area contributed by atoms with Gasteiger partial charge in [-0.05, 0) is 31.2 Å². The molecule has 4 rings (SSSR count). The second kappa shape index (κ2) is 6.93. The number of aromatic nitrogens is 3. The number of carbonyl (C=O) groups is 1. The maximum atomic E-state index is 12.1. The summed E-state index contributed by atoms with van der Waals surface area (Å²) in [5, 5.41) is 14.9. The Morgan fingerprint density at radius 3 is 2.85 bits per heavy atom. The first-order valence-corrected chi connectivity index (χ1v) is 8.85. The van der Waals surface area contributed by atoms with Crippen molar-refractivity contribution >= 4 is 39.2 Å². The van der Waals surface area contributed by atoms with Gasteiger partial charge in [-0.15, -0.1) is 10.2 Å². The molecular formula is C18H15N5O2S. The van der Waals surface area contributed by atoms with Crippen LogP contribution in [0.25, 0.3) is 11.0 Å². The van der Waals surface area contributed by atoms with Gasteiger partial charge in [0.15, 0.2) is 0 Å². The highest BCUT2D eigenvalue weighted by Crippen LogP contribution is 2.25. The quantitative estimate of drug-likeness (QED) is 0.553. The molecule has 0 saturated heterocycles. The lowest BCUT2D eigenvalue weighted by molar-refractivity contribution is 0.102. The Morgan fingerprint density at radius 1 is 1.23 bits per heavy atom. The molecule has 4 aromatic rings. The van der Waals surface area contributed by atoms with E-state index in [0.717, 1.165) is 16.7 Å². The minimum Gasteiger partial charge on any atom is -0.459 e. The Hall–Kier alpha value is -3.26. The third-order valence-corrected chi connectivity index (χ3v) is 4.45. The first kappa shape index (κ1) is 16.2. The minimum absolute atomic E-state index is 0.0593. The molecule has 0 spiro atoms. The van der Waals surface area contributed by atoms with E-state index in [1.54, 1.807) is 17.6 Å². The van der Waals surface area contributed by atoms with E-state index in [-0.39, 0.29) is 11.9 Å². The van der Waals surface area contributed by atoms with Gasteiger partial charge >= 0.3 is 0 Å². The van der Waals surface area contributed by atoms with E-state index < -0.39 is 0 Å². The predicted octanol–water partition coefficient (Wildman–Crippen LogP) is 4.10. The Labute approximate surface area is 153 Å². The fourth-order valence-corrected chi connectivity index (χ4v) is 2.96. The molecule has 0 saturated carbocycles. The van der Waals surface area contributed by atoms with Crippen LogP contribution in [0.4, 0.5) is 10.9 Å². The van der Waals surface area contributed by atoms with Crippen molar-refractivity contribution < 1.29 is 9.21 Å². The summed E-state index contributed by atoms with van der Waals surface area (Å²) in [4.78, 5) is 16.4.